The summed E-state index contributed by atoms with van der Waals surface area (Å²) in [7, 11) is 3.74. The van der Waals surface area contributed by atoms with E-state index in [4.69, 9.17) is 0 Å². The Morgan fingerprint density at radius 1 is 1.56 bits per heavy atom. The molecule has 1 aliphatic carbocycles. The van der Waals surface area contributed by atoms with Crippen LogP contribution in [0.5, 0.6) is 0 Å². The lowest BCUT2D eigenvalue weighted by atomic mass is 10.2. The Labute approximate surface area is 105 Å². The molecule has 18 heavy (non-hydrogen) atoms. The van der Waals surface area contributed by atoms with Crippen LogP contribution in [0.25, 0.3) is 11.0 Å². The van der Waals surface area contributed by atoms with E-state index in [0.29, 0.717) is 29.5 Å². The molecule has 1 atom stereocenters. The Bertz CT molecular complexity index is 625. The third kappa shape index (κ3) is 1.82. The molecule has 0 radical (unpaired) electrons. The zero-order valence-corrected chi connectivity index (χ0v) is 10.6. The molecule has 0 amide bonds. The predicted octanol–water partition coefficient (Wildman–Crippen LogP) is 0.128. The van der Waals surface area contributed by atoms with Crippen LogP contribution in [0, 0.1) is 5.92 Å². The van der Waals surface area contributed by atoms with Gasteiger partial charge in [0.1, 0.15) is 11.7 Å². The number of aryl methyl sites for hydroxylation is 1. The summed E-state index contributed by atoms with van der Waals surface area (Å²) in [4.78, 5) is 16.6. The quantitative estimate of drug-likeness (QED) is 0.834. The fourth-order valence-corrected chi connectivity index (χ4v) is 2.38. The van der Waals surface area contributed by atoms with E-state index in [1.807, 2.05) is 7.05 Å². The van der Waals surface area contributed by atoms with Crippen molar-refractivity contribution in [2.45, 2.75) is 25.4 Å². The molecule has 0 bridgehead atoms. The second-order valence-corrected chi connectivity index (χ2v) is 4.94. The molecule has 1 N–H and O–H groups in total. The van der Waals surface area contributed by atoms with Crippen LogP contribution in [0.4, 0.5) is 0 Å². The van der Waals surface area contributed by atoms with Crippen molar-refractivity contribution in [3.05, 3.63) is 22.9 Å². The van der Waals surface area contributed by atoms with Crippen molar-refractivity contribution in [1.82, 2.24) is 24.6 Å². The number of hydrogen-bond donors (Lipinski definition) is 1. The van der Waals surface area contributed by atoms with Crippen molar-refractivity contribution in [3.63, 3.8) is 0 Å². The molecule has 0 saturated heterocycles. The smallest absolute Gasteiger partial charge is 0.264 e. The van der Waals surface area contributed by atoms with Crippen molar-refractivity contribution in [2.24, 2.45) is 13.0 Å². The molecular weight excluding hydrogens is 230 g/mol. The van der Waals surface area contributed by atoms with Gasteiger partial charge in [-0.3, -0.25) is 14.0 Å². The molecular formula is C12H17N5O. The maximum Gasteiger partial charge on any atom is 0.264 e. The summed E-state index contributed by atoms with van der Waals surface area (Å²) in [5.41, 5.74) is 0.637. The van der Waals surface area contributed by atoms with Gasteiger partial charge in [-0.1, -0.05) is 0 Å². The topological polar surface area (TPSA) is 64.7 Å². The van der Waals surface area contributed by atoms with Gasteiger partial charge in [-0.25, -0.2) is 4.98 Å². The van der Waals surface area contributed by atoms with Gasteiger partial charge in [-0.2, -0.15) is 5.10 Å². The van der Waals surface area contributed by atoms with E-state index in [1.165, 1.54) is 12.8 Å². The standard InChI is InChI=1S/C12H17N5O/c1-13-10(8-3-4-8)6-17-7-14-11-9(12(17)18)5-15-16(11)2/h5,7-8,10,13H,3-4,6H2,1-2H3. The molecule has 1 saturated carbocycles. The lowest BCUT2D eigenvalue weighted by molar-refractivity contribution is 0.428. The first-order chi connectivity index (χ1) is 8.70. The molecule has 3 rings (SSSR count). The summed E-state index contributed by atoms with van der Waals surface area (Å²) in [5, 5.41) is 7.94. The maximum atomic E-state index is 12.3. The van der Waals surface area contributed by atoms with Crippen LogP contribution in [0.2, 0.25) is 0 Å². The van der Waals surface area contributed by atoms with E-state index in [-0.39, 0.29) is 5.56 Å². The van der Waals surface area contributed by atoms with Gasteiger partial charge in [-0.05, 0) is 25.8 Å². The van der Waals surface area contributed by atoms with Gasteiger partial charge in [0.15, 0.2) is 5.65 Å². The van der Waals surface area contributed by atoms with E-state index in [9.17, 15) is 4.79 Å². The van der Waals surface area contributed by atoms with Crippen molar-refractivity contribution in [1.29, 1.82) is 0 Å². The second kappa shape index (κ2) is 4.20. The Morgan fingerprint density at radius 3 is 3.00 bits per heavy atom. The summed E-state index contributed by atoms with van der Waals surface area (Å²) in [6.07, 6.45) is 5.72. The second-order valence-electron chi connectivity index (χ2n) is 4.94. The Balaban J connectivity index is 1.96. The van der Waals surface area contributed by atoms with Crippen molar-refractivity contribution < 1.29 is 0 Å². The fourth-order valence-electron chi connectivity index (χ4n) is 2.38. The molecule has 96 valence electrons. The molecule has 0 aliphatic heterocycles. The maximum absolute atomic E-state index is 12.3. The van der Waals surface area contributed by atoms with Crippen LogP contribution >= 0.6 is 0 Å². The van der Waals surface area contributed by atoms with Gasteiger partial charge in [0.25, 0.3) is 5.56 Å². The molecule has 2 aromatic heterocycles. The first-order valence-electron chi connectivity index (χ1n) is 6.25. The van der Waals surface area contributed by atoms with E-state index >= 15 is 0 Å². The average molecular weight is 247 g/mol. The number of likely N-dealkylation sites (N-methyl/N-ethyl adjacent to an activating group) is 1. The lowest BCUT2D eigenvalue weighted by Gasteiger charge is -2.16. The number of rotatable bonds is 4. The minimum Gasteiger partial charge on any atom is -0.315 e. The SMILES string of the molecule is CNC(Cn1cnc2c(cnn2C)c1=O)C1CC1. The molecule has 6 nitrogen and oxygen atoms in total. The predicted molar refractivity (Wildman–Crippen MR) is 68.3 cm³/mol. The van der Waals surface area contributed by atoms with Crippen molar-refractivity contribution >= 4 is 11.0 Å². The largest absolute Gasteiger partial charge is 0.315 e. The van der Waals surface area contributed by atoms with Crippen LogP contribution < -0.4 is 10.9 Å². The van der Waals surface area contributed by atoms with Crippen LogP contribution in [-0.2, 0) is 13.6 Å². The minimum absolute atomic E-state index is 0.00556. The highest BCUT2D eigenvalue weighted by Gasteiger charge is 2.30. The van der Waals surface area contributed by atoms with Crippen molar-refractivity contribution in [3.8, 4) is 0 Å². The summed E-state index contributed by atoms with van der Waals surface area (Å²) in [6, 6.07) is 0.360. The minimum atomic E-state index is -0.00556. The number of nitrogens with one attached hydrogen (secondary N) is 1. The zero-order chi connectivity index (χ0) is 12.7. The van der Waals surface area contributed by atoms with E-state index in [0.717, 1.165) is 0 Å². The van der Waals surface area contributed by atoms with Crippen molar-refractivity contribution in [2.75, 3.05) is 7.05 Å². The van der Waals surface area contributed by atoms with Gasteiger partial charge in [-0.15, -0.1) is 0 Å². The molecule has 1 fully saturated rings. The van der Waals surface area contributed by atoms with Gasteiger partial charge in [0.2, 0.25) is 0 Å². The Morgan fingerprint density at radius 2 is 2.33 bits per heavy atom. The molecule has 1 aliphatic rings. The Hall–Kier alpha value is -1.69. The zero-order valence-electron chi connectivity index (χ0n) is 10.6. The fraction of sp³-hybridized carbons (Fsp3) is 0.583. The monoisotopic (exact) mass is 247 g/mol. The van der Waals surface area contributed by atoms with Crippen LogP contribution in [-0.4, -0.2) is 32.4 Å². The molecule has 0 aromatic carbocycles. The van der Waals surface area contributed by atoms with E-state index in [2.05, 4.69) is 15.4 Å². The highest BCUT2D eigenvalue weighted by atomic mass is 16.1. The van der Waals surface area contributed by atoms with Crippen LogP contribution in [0.3, 0.4) is 0 Å². The summed E-state index contributed by atoms with van der Waals surface area (Å²) < 4.78 is 3.31. The Kier molecular flexibility index (Phi) is 2.66. The number of fused-ring (bicyclic) bond motifs is 1. The average Bonchev–Trinajstić information content (AvgIpc) is 3.14. The lowest BCUT2D eigenvalue weighted by Crippen LogP contribution is -2.36. The number of aromatic nitrogens is 4. The molecule has 2 aromatic rings. The highest BCUT2D eigenvalue weighted by Crippen LogP contribution is 2.32. The van der Waals surface area contributed by atoms with E-state index in [1.54, 1.807) is 28.8 Å². The highest BCUT2D eigenvalue weighted by molar-refractivity contribution is 5.72. The first-order valence-corrected chi connectivity index (χ1v) is 6.25. The normalized spacial score (nSPS) is 17.2. The third-order valence-corrected chi connectivity index (χ3v) is 3.67. The molecule has 0 spiro atoms. The summed E-state index contributed by atoms with van der Waals surface area (Å²) in [5.74, 6) is 0.700. The third-order valence-electron chi connectivity index (χ3n) is 3.67. The molecule has 6 heteroatoms. The van der Waals surface area contributed by atoms with Gasteiger partial charge in [0.05, 0.1) is 6.20 Å². The van der Waals surface area contributed by atoms with Crippen LogP contribution in [0.1, 0.15) is 12.8 Å². The van der Waals surface area contributed by atoms with Gasteiger partial charge < -0.3 is 5.32 Å². The first kappa shape index (κ1) is 11.4. The number of hydrogen-bond acceptors (Lipinski definition) is 4. The van der Waals surface area contributed by atoms with Gasteiger partial charge >= 0.3 is 0 Å². The number of nitrogens with zero attached hydrogens (tertiary/aromatic N) is 4. The van der Waals surface area contributed by atoms with Gasteiger partial charge in [0, 0.05) is 19.6 Å². The summed E-state index contributed by atoms with van der Waals surface area (Å²) >= 11 is 0. The van der Waals surface area contributed by atoms with E-state index < -0.39 is 0 Å². The summed E-state index contributed by atoms with van der Waals surface area (Å²) in [6.45, 7) is 0.678. The molecule has 1 unspecified atom stereocenters. The van der Waals surface area contributed by atoms with Crippen LogP contribution in [0.15, 0.2) is 17.3 Å². The molecule has 2 heterocycles.